The fraction of sp³-hybridized carbons (Fsp3) is 0.190. The number of piperazine rings is 1. The van der Waals surface area contributed by atoms with Crippen molar-refractivity contribution in [3.63, 3.8) is 0 Å². The number of hydrogen-bond acceptors (Lipinski definition) is 6. The Balaban J connectivity index is 1.35. The van der Waals surface area contributed by atoms with Crippen LogP contribution in [0.1, 0.15) is 10.4 Å². The smallest absolute Gasteiger partial charge is 0.349 e. The summed E-state index contributed by atoms with van der Waals surface area (Å²) in [5.41, 5.74) is -0.0865. The summed E-state index contributed by atoms with van der Waals surface area (Å²) in [5, 5.41) is 1.26. The molecule has 1 amide bonds. The first-order valence-corrected chi connectivity index (χ1v) is 10.1. The molecule has 1 fully saturated rings. The van der Waals surface area contributed by atoms with Gasteiger partial charge in [0.25, 0.3) is 5.91 Å². The first-order valence-electron chi connectivity index (χ1n) is 9.32. The summed E-state index contributed by atoms with van der Waals surface area (Å²) >= 11 is 1.21. The first kappa shape index (κ1) is 18.7. The summed E-state index contributed by atoms with van der Waals surface area (Å²) in [6, 6.07) is 10.7. The summed E-state index contributed by atoms with van der Waals surface area (Å²) in [6.07, 6.45) is 0. The van der Waals surface area contributed by atoms with E-state index in [1.807, 2.05) is 11.0 Å². The molecule has 30 heavy (non-hydrogen) atoms. The number of rotatable bonds is 2. The fourth-order valence-electron chi connectivity index (χ4n) is 3.56. The Kier molecular flexibility index (Phi) is 4.47. The van der Waals surface area contributed by atoms with E-state index in [2.05, 4.69) is 4.98 Å². The molecule has 0 unspecified atom stereocenters. The molecule has 5 rings (SSSR count). The van der Waals surface area contributed by atoms with Gasteiger partial charge in [-0.1, -0.05) is 29.5 Å². The van der Waals surface area contributed by atoms with Gasteiger partial charge in [0.2, 0.25) is 0 Å². The third-order valence-electron chi connectivity index (χ3n) is 5.11. The highest BCUT2D eigenvalue weighted by molar-refractivity contribution is 7.22. The molecule has 9 heteroatoms. The lowest BCUT2D eigenvalue weighted by Crippen LogP contribution is -2.49. The van der Waals surface area contributed by atoms with Gasteiger partial charge in [-0.25, -0.2) is 18.6 Å². The molecule has 4 aromatic rings. The van der Waals surface area contributed by atoms with Crippen LogP contribution in [0.3, 0.4) is 0 Å². The van der Waals surface area contributed by atoms with Crippen molar-refractivity contribution in [2.45, 2.75) is 0 Å². The second kappa shape index (κ2) is 7.17. The van der Waals surface area contributed by atoms with Crippen LogP contribution in [0.15, 0.2) is 51.7 Å². The van der Waals surface area contributed by atoms with Crippen molar-refractivity contribution in [2.24, 2.45) is 0 Å². The highest BCUT2D eigenvalue weighted by Gasteiger charge is 2.26. The highest BCUT2D eigenvalue weighted by Crippen LogP contribution is 2.31. The Morgan fingerprint density at radius 3 is 2.63 bits per heavy atom. The molecule has 0 radical (unpaired) electrons. The molecule has 3 heterocycles. The number of fused-ring (bicyclic) bond motifs is 2. The number of para-hydroxylation sites is 1. The summed E-state index contributed by atoms with van der Waals surface area (Å²) in [5.74, 6) is -1.71. The molecule has 6 nitrogen and oxygen atoms in total. The van der Waals surface area contributed by atoms with Crippen molar-refractivity contribution < 1.29 is 18.0 Å². The maximum Gasteiger partial charge on any atom is 0.349 e. The molecule has 0 atom stereocenters. The Bertz CT molecular complexity index is 1340. The third kappa shape index (κ3) is 3.21. The molecular weight excluding hydrogens is 412 g/mol. The fourth-order valence-corrected chi connectivity index (χ4v) is 4.62. The van der Waals surface area contributed by atoms with Crippen LogP contribution in [0.5, 0.6) is 0 Å². The van der Waals surface area contributed by atoms with Gasteiger partial charge >= 0.3 is 5.63 Å². The van der Waals surface area contributed by atoms with Crippen LogP contribution in [-0.2, 0) is 0 Å². The Labute approximate surface area is 173 Å². The molecule has 2 aromatic carbocycles. The normalized spacial score (nSPS) is 14.6. The van der Waals surface area contributed by atoms with Crippen LogP contribution in [0.4, 0.5) is 13.9 Å². The van der Waals surface area contributed by atoms with E-state index in [-0.39, 0.29) is 17.0 Å². The third-order valence-corrected chi connectivity index (χ3v) is 6.17. The number of aromatic nitrogens is 1. The van der Waals surface area contributed by atoms with E-state index in [1.165, 1.54) is 17.4 Å². The molecular formula is C21H15F2N3O3S. The van der Waals surface area contributed by atoms with E-state index in [0.717, 1.165) is 6.07 Å². The number of halogens is 2. The number of carbonyl (C=O) groups excluding carboxylic acids is 1. The minimum absolute atomic E-state index is 0.000293. The minimum atomic E-state index is -0.690. The molecule has 0 saturated carbocycles. The number of anilines is 1. The monoisotopic (exact) mass is 427 g/mol. The summed E-state index contributed by atoms with van der Waals surface area (Å²) in [4.78, 5) is 32.9. The van der Waals surface area contributed by atoms with Crippen molar-refractivity contribution in [3.8, 4) is 0 Å². The highest BCUT2D eigenvalue weighted by atomic mass is 32.1. The summed E-state index contributed by atoms with van der Waals surface area (Å²) in [7, 11) is 0. The van der Waals surface area contributed by atoms with E-state index >= 15 is 0 Å². The zero-order chi connectivity index (χ0) is 20.8. The van der Waals surface area contributed by atoms with Gasteiger partial charge in [0.05, 0.1) is 4.70 Å². The topological polar surface area (TPSA) is 66.7 Å². The predicted octanol–water partition coefficient (Wildman–Crippen LogP) is 3.64. The summed E-state index contributed by atoms with van der Waals surface area (Å²) < 4.78 is 33.1. The van der Waals surface area contributed by atoms with Gasteiger partial charge in [-0.2, -0.15) is 0 Å². The number of carbonyl (C=O) groups is 1. The molecule has 1 aliphatic rings. The van der Waals surface area contributed by atoms with Crippen LogP contribution < -0.4 is 10.5 Å². The molecule has 0 aliphatic carbocycles. The van der Waals surface area contributed by atoms with Crippen molar-refractivity contribution in [1.29, 1.82) is 0 Å². The standard InChI is InChI=1S/C21H15F2N3O3S/c22-13-10-15(23)18-17(11-13)30-21(24-18)26-7-5-25(6-8-26)19(27)14-9-12-3-1-2-4-16(12)29-20(14)28/h1-4,9-11H,5-8H2. The summed E-state index contributed by atoms with van der Waals surface area (Å²) in [6.45, 7) is 1.68. The minimum Gasteiger partial charge on any atom is -0.422 e. The average molecular weight is 427 g/mol. The molecule has 1 saturated heterocycles. The maximum absolute atomic E-state index is 13.9. The quantitative estimate of drug-likeness (QED) is 0.457. The van der Waals surface area contributed by atoms with Crippen molar-refractivity contribution in [3.05, 3.63) is 70.1 Å². The number of amides is 1. The zero-order valence-corrected chi connectivity index (χ0v) is 16.4. The average Bonchev–Trinajstić information content (AvgIpc) is 3.17. The van der Waals surface area contributed by atoms with Gasteiger partial charge in [0.1, 0.15) is 22.5 Å². The molecule has 0 N–H and O–H groups in total. The van der Waals surface area contributed by atoms with E-state index in [1.54, 1.807) is 29.2 Å². The second-order valence-corrected chi connectivity index (χ2v) is 8.00. The van der Waals surface area contributed by atoms with Gasteiger partial charge in [0.15, 0.2) is 10.9 Å². The Morgan fingerprint density at radius 2 is 1.83 bits per heavy atom. The predicted molar refractivity (Wildman–Crippen MR) is 110 cm³/mol. The SMILES string of the molecule is O=C(c1cc2ccccc2oc1=O)N1CCN(c2nc3c(F)cc(F)cc3s2)CC1. The van der Waals surface area contributed by atoms with Crippen LogP contribution in [0, 0.1) is 11.6 Å². The lowest BCUT2D eigenvalue weighted by molar-refractivity contribution is 0.0742. The van der Waals surface area contributed by atoms with Crippen LogP contribution >= 0.6 is 11.3 Å². The Hall–Kier alpha value is -3.33. The first-order chi connectivity index (χ1) is 14.5. The van der Waals surface area contributed by atoms with Gasteiger partial charge in [-0.3, -0.25) is 4.79 Å². The number of benzene rings is 2. The maximum atomic E-state index is 13.9. The van der Waals surface area contributed by atoms with Crippen LogP contribution in [0.25, 0.3) is 21.2 Å². The zero-order valence-electron chi connectivity index (χ0n) is 15.6. The van der Waals surface area contributed by atoms with Gasteiger partial charge < -0.3 is 14.2 Å². The van der Waals surface area contributed by atoms with E-state index in [4.69, 9.17) is 4.42 Å². The van der Waals surface area contributed by atoms with Gasteiger partial charge in [-0.15, -0.1) is 0 Å². The molecule has 0 bridgehead atoms. The lowest BCUT2D eigenvalue weighted by atomic mass is 10.1. The van der Waals surface area contributed by atoms with E-state index in [9.17, 15) is 18.4 Å². The lowest BCUT2D eigenvalue weighted by Gasteiger charge is -2.34. The molecule has 152 valence electrons. The number of hydrogen-bond donors (Lipinski definition) is 0. The number of thiazole rings is 1. The van der Waals surface area contributed by atoms with Crippen LogP contribution in [-0.4, -0.2) is 42.0 Å². The van der Waals surface area contributed by atoms with Crippen molar-refractivity contribution >= 4 is 43.6 Å². The van der Waals surface area contributed by atoms with Gasteiger partial charge in [-0.05, 0) is 18.2 Å². The largest absolute Gasteiger partial charge is 0.422 e. The van der Waals surface area contributed by atoms with E-state index in [0.29, 0.717) is 47.0 Å². The van der Waals surface area contributed by atoms with E-state index < -0.39 is 17.3 Å². The van der Waals surface area contributed by atoms with Crippen molar-refractivity contribution in [2.75, 3.05) is 31.1 Å². The molecule has 1 aliphatic heterocycles. The number of nitrogens with zero attached hydrogens (tertiary/aromatic N) is 3. The van der Waals surface area contributed by atoms with Crippen molar-refractivity contribution in [1.82, 2.24) is 9.88 Å². The Morgan fingerprint density at radius 1 is 1.07 bits per heavy atom. The second-order valence-electron chi connectivity index (χ2n) is 7.00. The molecule has 2 aromatic heterocycles. The molecule has 0 spiro atoms. The van der Waals surface area contributed by atoms with Gasteiger partial charge in [0, 0.05) is 37.6 Å². The van der Waals surface area contributed by atoms with Crippen LogP contribution in [0.2, 0.25) is 0 Å².